The minimum atomic E-state index is -0.476. The molecule has 3 aliphatic rings. The van der Waals surface area contributed by atoms with Crippen molar-refractivity contribution in [3.05, 3.63) is 394 Å². The number of halogens is 4. The topological polar surface area (TPSA) is 200 Å². The number of aromatic nitrogens is 6. The van der Waals surface area contributed by atoms with E-state index in [2.05, 4.69) is 148 Å². The molecule has 0 aliphatic carbocycles. The van der Waals surface area contributed by atoms with E-state index < -0.39 is 21.1 Å². The average molecular weight is 1910 g/mol. The minimum Gasteiger partial charge on any atom is -0.405 e. The van der Waals surface area contributed by atoms with Crippen LogP contribution in [0, 0.1) is 5.41 Å². The molecule has 0 amide bonds. The van der Waals surface area contributed by atoms with Gasteiger partial charge in [0, 0.05) is 69.1 Å². The van der Waals surface area contributed by atoms with Crippen LogP contribution in [0.15, 0.2) is 377 Å². The fraction of sp³-hybridized carbons (Fsp3) is 0.170. The summed E-state index contributed by atoms with van der Waals surface area (Å²) in [5.74, 6) is 2.30. The third-order valence-corrected chi connectivity index (χ3v) is 24.1. The predicted octanol–water partition coefficient (Wildman–Crippen LogP) is 26.2. The molecular formula is C106H101B3Br3ClN8O7. The molecule has 15 aromatic rings. The van der Waals surface area contributed by atoms with E-state index in [1.54, 1.807) is 6.08 Å². The van der Waals surface area contributed by atoms with Crippen LogP contribution in [0.2, 0.25) is 0 Å². The lowest BCUT2D eigenvalue weighted by molar-refractivity contribution is 0.00578. The normalized spacial score (nSPS) is 15.0. The number of allylic oxidation sites excluding steroid dienone is 1. The third kappa shape index (κ3) is 25.1. The summed E-state index contributed by atoms with van der Waals surface area (Å²) in [5, 5.41) is 7.01. The number of nitrogens with zero attached hydrogens (tertiary/aromatic N) is 6. The molecule has 0 bridgehead atoms. The Kier molecular flexibility index (Phi) is 32.1. The van der Waals surface area contributed by atoms with E-state index in [0.29, 0.717) is 11.4 Å². The highest BCUT2D eigenvalue weighted by Crippen LogP contribution is 2.44. The molecule has 644 valence electrons. The smallest absolute Gasteiger partial charge is 0.405 e. The highest BCUT2D eigenvalue weighted by molar-refractivity contribution is 9.11. The van der Waals surface area contributed by atoms with Crippen molar-refractivity contribution in [3.63, 3.8) is 0 Å². The van der Waals surface area contributed by atoms with Crippen molar-refractivity contribution >= 4 is 104 Å². The molecule has 3 aliphatic heterocycles. The van der Waals surface area contributed by atoms with Crippen molar-refractivity contribution in [1.29, 1.82) is 5.41 Å². The van der Waals surface area contributed by atoms with Crippen LogP contribution in [-0.2, 0) is 27.9 Å². The van der Waals surface area contributed by atoms with Crippen LogP contribution in [-0.4, -0.2) is 96.3 Å². The van der Waals surface area contributed by atoms with Gasteiger partial charge in [-0.05, 0) is 160 Å². The molecule has 0 radical (unpaired) electrons. The van der Waals surface area contributed by atoms with Crippen molar-refractivity contribution in [1.82, 2.24) is 29.9 Å². The quantitative estimate of drug-likeness (QED) is 0.0323. The Hall–Kier alpha value is -11.6. The highest BCUT2D eigenvalue weighted by atomic mass is 79.9. The van der Waals surface area contributed by atoms with Gasteiger partial charge in [-0.3, -0.25) is 10.2 Å². The first-order valence-electron chi connectivity index (χ1n) is 42.0. The van der Waals surface area contributed by atoms with Gasteiger partial charge in [0.1, 0.15) is 5.84 Å². The van der Waals surface area contributed by atoms with Gasteiger partial charge in [-0.25, -0.2) is 29.9 Å². The number of ketones is 1. The Morgan fingerprint density at radius 1 is 0.297 bits per heavy atom. The Morgan fingerprint density at radius 2 is 0.547 bits per heavy atom. The molecule has 18 rings (SSSR count). The summed E-state index contributed by atoms with van der Waals surface area (Å²) in [6.45, 7) is 24.5. The van der Waals surface area contributed by atoms with Gasteiger partial charge in [0.05, 0.1) is 67.8 Å². The van der Waals surface area contributed by atoms with E-state index in [1.165, 1.54) is 0 Å². The first kappa shape index (κ1) is 95.5. The average Bonchev–Trinajstić information content (AvgIpc) is 1.60. The second kappa shape index (κ2) is 43.0. The molecule has 3 aromatic heterocycles. The summed E-state index contributed by atoms with van der Waals surface area (Å²) < 4.78 is 39.4. The fourth-order valence-corrected chi connectivity index (χ4v) is 14.6. The van der Waals surface area contributed by atoms with E-state index in [9.17, 15) is 4.79 Å². The second-order valence-electron chi connectivity index (χ2n) is 33.5. The molecule has 6 heterocycles. The molecule has 12 aromatic carbocycles. The molecule has 3 N–H and O–H groups in total. The van der Waals surface area contributed by atoms with Gasteiger partial charge >= 0.3 is 21.1 Å². The van der Waals surface area contributed by atoms with E-state index in [4.69, 9.17) is 69.0 Å². The summed E-state index contributed by atoms with van der Waals surface area (Å²) >= 11 is 10.4. The van der Waals surface area contributed by atoms with Crippen LogP contribution in [0.5, 0.6) is 0 Å². The van der Waals surface area contributed by atoms with Crippen LogP contribution in [0.1, 0.15) is 105 Å². The second-order valence-corrected chi connectivity index (χ2v) is 36.2. The summed E-state index contributed by atoms with van der Waals surface area (Å²) in [7, 11) is -1.37. The zero-order chi connectivity index (χ0) is 89.9. The first-order chi connectivity index (χ1) is 60.8. The molecule has 0 saturated carbocycles. The SMILES string of the molecule is Brc1cccc(-c2cc(-c3ccccc3)nc(-c3ccccc3)n2)c1.Brc1cccc(-c2cc(-c3ccccc3)nc(-c3ccccc3)n2)c1.CC1(C)OB(B2OC(C)(C)C(C)(C)O2)OC1(C)C.CC1(C)OB(c2cccc(-c3cc(-c4ccccc4)nc(-c4ccccc4)n3)c2)OC1(C)C.Cl.N=C(N)c1ccccc1.O=C(/C=C/c1ccccc1)c1cccc(Br)c1. The van der Waals surface area contributed by atoms with E-state index in [0.717, 1.165) is 126 Å². The summed E-state index contributed by atoms with van der Waals surface area (Å²) in [4.78, 5) is 40.9. The molecule has 0 spiro atoms. The minimum absolute atomic E-state index is 0. The van der Waals surface area contributed by atoms with Gasteiger partial charge in [0.15, 0.2) is 23.3 Å². The van der Waals surface area contributed by atoms with Gasteiger partial charge in [0.25, 0.3) is 0 Å². The van der Waals surface area contributed by atoms with Gasteiger partial charge in [0.2, 0.25) is 0 Å². The van der Waals surface area contributed by atoms with Crippen molar-refractivity contribution in [3.8, 4) is 102 Å². The highest BCUT2D eigenvalue weighted by Gasteiger charge is 2.64. The van der Waals surface area contributed by atoms with Crippen LogP contribution in [0.4, 0.5) is 0 Å². The number of rotatable bonds is 15. The predicted molar refractivity (Wildman–Crippen MR) is 537 cm³/mol. The molecule has 0 atom stereocenters. The van der Waals surface area contributed by atoms with Gasteiger partial charge in [-0.1, -0.05) is 357 Å². The Bertz CT molecular complexity index is 5820. The standard InChI is InChI=1S/C28H27BN2O2.2C22H15BrN2.C15H11BrO.C12H24B2O4.C7H8N2.ClH/c1-27(2)28(3,4)33-29(32-27)23-17-11-16-22(18-23)25-19-24(20-12-7-5-8-13-20)30-26(31-25)21-14-9-6-10-15-21;2*23-19-13-7-12-18(14-19)21-15-20(16-8-3-1-4-9-16)24-22(25-21)17-10-5-2-6-11-17;16-14-8-4-7-13(11-14)15(17)10-9-12-5-2-1-3-6-12;1-9(2)10(3,4)16-13(15-9)14-17-11(5,6)12(7,8)18-14;8-7(9)6-4-2-1-3-5-6;/h5-19H,1-4H3;2*1-15H;1-11H;1-8H3;1-5H,(H3,8,9);1H/b;;;10-9+;;;. The maximum Gasteiger partial charge on any atom is 0.494 e. The lowest BCUT2D eigenvalue weighted by Crippen LogP contribution is -2.41. The number of nitrogen functional groups attached to an aromatic ring is 1. The molecular weight excluding hydrogens is 1800 g/mol. The van der Waals surface area contributed by atoms with Crippen molar-refractivity contribution < 1.29 is 32.7 Å². The van der Waals surface area contributed by atoms with Crippen molar-refractivity contribution in [2.24, 2.45) is 5.73 Å². The maximum absolute atomic E-state index is 11.9. The Morgan fingerprint density at radius 3 is 0.852 bits per heavy atom. The van der Waals surface area contributed by atoms with Gasteiger partial charge in [-0.15, -0.1) is 12.4 Å². The molecule has 0 unspecified atom stereocenters. The zero-order valence-electron chi connectivity index (χ0n) is 73.6. The van der Waals surface area contributed by atoms with E-state index in [1.807, 2.05) is 347 Å². The molecule has 22 heteroatoms. The van der Waals surface area contributed by atoms with Crippen molar-refractivity contribution in [2.75, 3.05) is 0 Å². The number of nitrogens with two attached hydrogens (primary N) is 1. The van der Waals surface area contributed by atoms with Crippen LogP contribution in [0.25, 0.3) is 108 Å². The monoisotopic (exact) mass is 1900 g/mol. The number of carbonyl (C=O) groups excluding carboxylic acids is 1. The summed E-state index contributed by atoms with van der Waals surface area (Å²) in [6, 6.07) is 118. The van der Waals surface area contributed by atoms with Gasteiger partial charge in [-0.2, -0.15) is 0 Å². The van der Waals surface area contributed by atoms with Gasteiger partial charge < -0.3 is 33.7 Å². The van der Waals surface area contributed by atoms with Crippen molar-refractivity contribution in [2.45, 2.75) is 117 Å². The molecule has 15 nitrogen and oxygen atoms in total. The lowest BCUT2D eigenvalue weighted by atomic mass is 9.49. The number of hydrogen-bond donors (Lipinski definition) is 2. The number of benzene rings is 12. The molecule has 128 heavy (non-hydrogen) atoms. The van der Waals surface area contributed by atoms with Crippen LogP contribution in [0.3, 0.4) is 0 Å². The zero-order valence-corrected chi connectivity index (χ0v) is 79.2. The lowest BCUT2D eigenvalue weighted by Gasteiger charge is -2.32. The molecule has 3 fully saturated rings. The number of nitrogens with one attached hydrogen (secondary N) is 1. The van der Waals surface area contributed by atoms with E-state index >= 15 is 0 Å². The number of hydrogen-bond acceptors (Lipinski definition) is 14. The number of carbonyl (C=O) groups is 1. The summed E-state index contributed by atoms with van der Waals surface area (Å²) in [5.41, 5.74) is 21.2. The molecule has 3 saturated heterocycles. The Balaban J connectivity index is 0.000000144. The fourth-order valence-electron chi connectivity index (χ4n) is 13.4. The first-order valence-corrected chi connectivity index (χ1v) is 44.3. The van der Waals surface area contributed by atoms with Crippen LogP contribution >= 0.6 is 60.2 Å². The maximum atomic E-state index is 11.9. The Labute approximate surface area is 784 Å². The number of amidine groups is 1. The van der Waals surface area contributed by atoms with Crippen LogP contribution < -0.4 is 11.2 Å². The third-order valence-electron chi connectivity index (χ3n) is 22.6. The summed E-state index contributed by atoms with van der Waals surface area (Å²) in [6.07, 6.45) is 3.42. The largest absolute Gasteiger partial charge is 0.494 e. The van der Waals surface area contributed by atoms with E-state index in [-0.39, 0.29) is 57.6 Å².